The van der Waals surface area contributed by atoms with Gasteiger partial charge >= 0.3 is 23.1 Å². The smallest absolute Gasteiger partial charge is 1.00 e. The van der Waals surface area contributed by atoms with Crippen LogP contribution in [0.25, 0.3) is 0 Å². The first-order valence-electron chi connectivity index (χ1n) is 3.75. The van der Waals surface area contributed by atoms with Crippen LogP contribution < -0.4 is 12.4 Å². The van der Waals surface area contributed by atoms with E-state index in [0.29, 0.717) is 0 Å². The van der Waals surface area contributed by atoms with Gasteiger partial charge < -0.3 is 12.4 Å². The van der Waals surface area contributed by atoms with E-state index in [1.807, 2.05) is 0 Å². The van der Waals surface area contributed by atoms with Gasteiger partial charge in [0.25, 0.3) is 0 Å². The van der Waals surface area contributed by atoms with E-state index in [2.05, 4.69) is 34.6 Å². The van der Waals surface area contributed by atoms with Crippen molar-refractivity contribution in [3.63, 3.8) is 0 Å². The van der Waals surface area contributed by atoms with Crippen LogP contribution in [0.4, 0.5) is 0 Å². The van der Waals surface area contributed by atoms with Crippen molar-refractivity contribution < 1.29 is 12.4 Å². The second kappa shape index (κ2) is 5.20. The summed E-state index contributed by atoms with van der Waals surface area (Å²) in [4.78, 5) is 0. The van der Waals surface area contributed by atoms with Gasteiger partial charge in [-0.2, -0.15) is 27.8 Å². The quantitative estimate of drug-likeness (QED) is 0.389. The maximum absolute atomic E-state index is 2.20. The van der Waals surface area contributed by atoms with Crippen LogP contribution in [0.2, 0.25) is 0 Å². The van der Waals surface area contributed by atoms with Crippen LogP contribution in [0.15, 0.2) is 0 Å². The van der Waals surface area contributed by atoms with Crippen molar-refractivity contribution in [2.45, 2.75) is 34.6 Å². The molecule has 0 aromatic heterocycles. The Labute approximate surface area is 97.7 Å². The first-order chi connectivity index (χ1) is 4.55. The fraction of sp³-hybridized carbons (Fsp3) is 0.500. The average molecular weight is 195 g/mol. The van der Waals surface area contributed by atoms with Crippen LogP contribution in [0.3, 0.4) is 0 Å². The first-order valence-corrected chi connectivity index (χ1v) is 3.75. The van der Waals surface area contributed by atoms with Gasteiger partial charge in [0.05, 0.1) is 0 Å². The normalized spacial score (nSPS) is 8.75. The summed E-state index contributed by atoms with van der Waals surface area (Å²) in [5, 5.41) is 0. The molecule has 0 aliphatic heterocycles. The van der Waals surface area contributed by atoms with Crippen molar-refractivity contribution in [2.24, 2.45) is 0 Å². The predicted molar refractivity (Wildman–Crippen MR) is 51.5 cm³/mol. The minimum atomic E-state index is 0. The molecule has 1 rings (SSSR count). The van der Waals surface area contributed by atoms with E-state index in [-0.39, 0.29) is 35.5 Å². The zero-order chi connectivity index (χ0) is 7.89. The minimum Gasteiger partial charge on any atom is -1.00 e. The molecule has 0 atom stereocenters. The van der Waals surface area contributed by atoms with Gasteiger partial charge in [0.2, 0.25) is 0 Å². The van der Waals surface area contributed by atoms with Crippen molar-refractivity contribution in [1.82, 2.24) is 0 Å². The molecule has 64 valence electrons. The molecule has 0 saturated heterocycles. The van der Waals surface area contributed by atoms with E-state index in [1.54, 1.807) is 0 Å². The maximum atomic E-state index is 2.20. The number of hydrogen-bond acceptors (Lipinski definition) is 0. The molecule has 1 aromatic rings. The van der Waals surface area contributed by atoms with Crippen LogP contribution in [0, 0.1) is 34.6 Å². The Balaban J connectivity index is 0. The summed E-state index contributed by atoms with van der Waals surface area (Å²) >= 11 is 0. The Bertz CT molecular complexity index is 181. The van der Waals surface area contributed by atoms with Crippen LogP contribution in [0.1, 0.15) is 27.8 Å². The van der Waals surface area contributed by atoms with E-state index < -0.39 is 0 Å². The second-order valence-electron chi connectivity index (χ2n) is 3.12. The number of halogens is 1. The van der Waals surface area contributed by atoms with Gasteiger partial charge in [-0.25, -0.2) is 0 Å². The monoisotopic (exact) mass is 194 g/mol. The topological polar surface area (TPSA) is 0 Å². The molecule has 0 saturated carbocycles. The standard InChI is InChI=1S/C10H15.ClH.Mg/c1-6-7(2)9(4)10(5)8(6)3;;/h1-5H3;1H;/q-1;;+2/p-1. The van der Waals surface area contributed by atoms with E-state index in [9.17, 15) is 0 Å². The summed E-state index contributed by atoms with van der Waals surface area (Å²) in [6.07, 6.45) is 0. The molecule has 0 nitrogen and oxygen atoms in total. The minimum absolute atomic E-state index is 0. The summed E-state index contributed by atoms with van der Waals surface area (Å²) in [5.74, 6) is 0. The largest absolute Gasteiger partial charge is 2.00 e. The van der Waals surface area contributed by atoms with Crippen LogP contribution in [-0.2, 0) is 0 Å². The van der Waals surface area contributed by atoms with E-state index in [1.165, 1.54) is 27.8 Å². The van der Waals surface area contributed by atoms with Crippen molar-refractivity contribution in [1.29, 1.82) is 0 Å². The fourth-order valence-corrected chi connectivity index (χ4v) is 1.41. The summed E-state index contributed by atoms with van der Waals surface area (Å²) < 4.78 is 0. The van der Waals surface area contributed by atoms with Crippen LogP contribution in [0.5, 0.6) is 0 Å². The Hall–Kier alpha value is 0.406. The number of hydrogen-bond donors (Lipinski definition) is 0. The molecule has 0 heterocycles. The van der Waals surface area contributed by atoms with Crippen molar-refractivity contribution in [2.75, 3.05) is 0 Å². The van der Waals surface area contributed by atoms with Gasteiger partial charge in [-0.05, 0) is 0 Å². The third kappa shape index (κ3) is 2.21. The third-order valence-corrected chi connectivity index (χ3v) is 2.81. The Morgan fingerprint density at radius 3 is 1.17 bits per heavy atom. The fourth-order valence-electron chi connectivity index (χ4n) is 1.41. The molecule has 0 aliphatic carbocycles. The Morgan fingerprint density at radius 1 is 0.833 bits per heavy atom. The molecule has 0 fully saturated rings. The molecular formula is C10H15ClMg. The summed E-state index contributed by atoms with van der Waals surface area (Å²) in [7, 11) is 0. The van der Waals surface area contributed by atoms with Gasteiger partial charge in [0.15, 0.2) is 0 Å². The van der Waals surface area contributed by atoms with Gasteiger partial charge in [-0.1, -0.05) is 34.6 Å². The van der Waals surface area contributed by atoms with Gasteiger partial charge in [0, 0.05) is 0 Å². The summed E-state index contributed by atoms with van der Waals surface area (Å²) in [6, 6.07) is 0. The molecule has 2 heteroatoms. The first kappa shape index (κ1) is 14.9. The Kier molecular flexibility index (Phi) is 6.46. The van der Waals surface area contributed by atoms with E-state index in [0.717, 1.165) is 0 Å². The predicted octanol–water partition coefficient (Wildman–Crippen LogP) is -0.429. The zero-order valence-electron chi connectivity index (χ0n) is 8.59. The molecule has 0 amide bonds. The molecule has 0 spiro atoms. The van der Waals surface area contributed by atoms with Crippen molar-refractivity contribution in [3.05, 3.63) is 27.8 Å². The molecule has 0 N–H and O–H groups in total. The molecule has 1 aromatic carbocycles. The summed E-state index contributed by atoms with van der Waals surface area (Å²) in [5.41, 5.74) is 7.34. The molecular weight excluding hydrogens is 180 g/mol. The second-order valence-corrected chi connectivity index (χ2v) is 3.12. The van der Waals surface area contributed by atoms with Gasteiger partial charge in [0.1, 0.15) is 0 Å². The average Bonchev–Trinajstić information content (AvgIpc) is 2.07. The summed E-state index contributed by atoms with van der Waals surface area (Å²) in [6.45, 7) is 11.0. The van der Waals surface area contributed by atoms with Crippen LogP contribution in [-0.4, -0.2) is 23.1 Å². The maximum Gasteiger partial charge on any atom is 2.00 e. The Morgan fingerprint density at radius 2 is 1.08 bits per heavy atom. The third-order valence-electron chi connectivity index (χ3n) is 2.81. The molecule has 0 radical (unpaired) electrons. The van der Waals surface area contributed by atoms with Crippen molar-refractivity contribution >= 4 is 23.1 Å². The zero-order valence-corrected chi connectivity index (χ0v) is 10.8. The van der Waals surface area contributed by atoms with Gasteiger partial charge in [-0.15, -0.1) is 0 Å². The van der Waals surface area contributed by atoms with E-state index >= 15 is 0 Å². The molecule has 0 bridgehead atoms. The number of rotatable bonds is 0. The molecule has 0 unspecified atom stereocenters. The van der Waals surface area contributed by atoms with E-state index in [4.69, 9.17) is 0 Å². The van der Waals surface area contributed by atoms with Crippen LogP contribution >= 0.6 is 0 Å². The van der Waals surface area contributed by atoms with Gasteiger partial charge in [-0.3, -0.25) is 0 Å². The SMILES string of the molecule is Cc1c(C)c(C)[c-](C)c1C.[Cl-].[Mg+2]. The van der Waals surface area contributed by atoms with Crippen molar-refractivity contribution in [3.8, 4) is 0 Å². The molecule has 12 heavy (non-hydrogen) atoms. The molecule has 0 aliphatic rings.